The van der Waals surface area contributed by atoms with E-state index in [-0.39, 0.29) is 37.6 Å². The SMILES string of the molecule is CCOC(=O)C#CC[C@H](C)OC(=O)[C@H](CSSC[C@H](NC(=O)OC(C)(C)C)C(=O)O[C@@H](C)CC#CC(=O)OCC)NC(=O)OC(C)(C)C. The first-order valence-corrected chi connectivity index (χ1v) is 17.7. The Kier molecular flexibility index (Phi) is 21.0. The summed E-state index contributed by atoms with van der Waals surface area (Å²) in [6.45, 7) is 16.8. The second kappa shape index (κ2) is 22.7. The summed E-state index contributed by atoms with van der Waals surface area (Å²) in [5.41, 5.74) is -1.67. The van der Waals surface area contributed by atoms with Crippen LogP contribution in [0.2, 0.25) is 0 Å². The van der Waals surface area contributed by atoms with E-state index in [1.807, 2.05) is 0 Å². The minimum Gasteiger partial charge on any atom is -0.460 e. The number of rotatable bonds is 15. The molecule has 0 aromatic heterocycles. The van der Waals surface area contributed by atoms with Gasteiger partial charge in [0.1, 0.15) is 35.5 Å². The summed E-state index contributed by atoms with van der Waals surface area (Å²) in [5, 5.41) is 4.99. The maximum atomic E-state index is 13.0. The van der Waals surface area contributed by atoms with Gasteiger partial charge in [-0.25, -0.2) is 28.8 Å². The summed E-state index contributed by atoms with van der Waals surface area (Å²) in [7, 11) is 2.23. The summed E-state index contributed by atoms with van der Waals surface area (Å²) in [5.74, 6) is 6.77. The predicted octanol–water partition coefficient (Wildman–Crippen LogP) is 3.93. The highest BCUT2D eigenvalue weighted by Crippen LogP contribution is 2.24. The minimum absolute atomic E-state index is 0.0158. The van der Waals surface area contributed by atoms with E-state index in [1.165, 1.54) is 0 Å². The normalized spacial score (nSPS) is 13.3. The van der Waals surface area contributed by atoms with Crippen molar-refractivity contribution < 1.29 is 57.2 Å². The molecule has 48 heavy (non-hydrogen) atoms. The first-order valence-electron chi connectivity index (χ1n) is 15.2. The molecule has 0 unspecified atom stereocenters. The van der Waals surface area contributed by atoms with Crippen LogP contribution in [0.25, 0.3) is 0 Å². The van der Waals surface area contributed by atoms with Crippen molar-refractivity contribution in [3.63, 3.8) is 0 Å². The molecule has 0 saturated carbocycles. The largest absolute Gasteiger partial charge is 0.460 e. The quantitative estimate of drug-likeness (QED) is 0.0621. The van der Waals surface area contributed by atoms with Gasteiger partial charge in [0.2, 0.25) is 0 Å². The monoisotopic (exact) mass is 716 g/mol. The van der Waals surface area contributed by atoms with Crippen molar-refractivity contribution in [1.29, 1.82) is 0 Å². The second-order valence-electron chi connectivity index (χ2n) is 11.9. The Balaban J connectivity index is 5.56. The van der Waals surface area contributed by atoms with Crippen molar-refractivity contribution in [2.75, 3.05) is 24.7 Å². The van der Waals surface area contributed by atoms with E-state index in [1.54, 1.807) is 69.2 Å². The fourth-order valence-electron chi connectivity index (χ4n) is 2.98. The van der Waals surface area contributed by atoms with Gasteiger partial charge < -0.3 is 39.1 Å². The maximum Gasteiger partial charge on any atom is 0.408 e. The molecule has 0 fully saturated rings. The summed E-state index contributed by atoms with van der Waals surface area (Å²) in [6.07, 6.45) is -3.06. The molecular weight excluding hydrogens is 668 g/mol. The lowest BCUT2D eigenvalue weighted by molar-refractivity contribution is -0.150. The maximum absolute atomic E-state index is 13.0. The van der Waals surface area contributed by atoms with Crippen molar-refractivity contribution in [2.45, 2.75) is 118 Å². The van der Waals surface area contributed by atoms with Crippen LogP contribution in [0.3, 0.4) is 0 Å². The van der Waals surface area contributed by atoms with Gasteiger partial charge in [0, 0.05) is 36.2 Å². The van der Waals surface area contributed by atoms with Gasteiger partial charge >= 0.3 is 36.1 Å². The molecule has 270 valence electrons. The van der Waals surface area contributed by atoms with Crippen LogP contribution in [-0.4, -0.2) is 96.3 Å². The molecule has 0 spiro atoms. The van der Waals surface area contributed by atoms with Crippen LogP contribution in [0.4, 0.5) is 9.59 Å². The molecule has 0 aliphatic carbocycles. The van der Waals surface area contributed by atoms with E-state index in [0.29, 0.717) is 0 Å². The number of carbonyl (C=O) groups excluding carboxylic acids is 6. The van der Waals surface area contributed by atoms with Crippen molar-refractivity contribution in [3.05, 3.63) is 0 Å². The number of ether oxygens (including phenoxy) is 6. The summed E-state index contributed by atoms with van der Waals surface area (Å²) >= 11 is 0. The zero-order chi connectivity index (χ0) is 36.9. The van der Waals surface area contributed by atoms with Crippen molar-refractivity contribution in [1.82, 2.24) is 10.6 Å². The molecule has 2 amide bonds. The molecule has 0 bridgehead atoms. The van der Waals surface area contributed by atoms with Crippen LogP contribution in [-0.2, 0) is 47.6 Å². The molecule has 0 aliphatic heterocycles. The average Bonchev–Trinajstić information content (AvgIpc) is 2.92. The average molecular weight is 717 g/mol. The zero-order valence-corrected chi connectivity index (χ0v) is 30.9. The Morgan fingerprint density at radius 1 is 0.625 bits per heavy atom. The lowest BCUT2D eigenvalue weighted by Crippen LogP contribution is -2.47. The standard InChI is InChI=1S/C32H48N2O12S2/c1-11-41-25(35)17-13-15-21(3)43-27(37)23(33-29(39)45-31(5,6)7)19-47-48-20-24(34-30(40)46-32(8,9)10)28(38)44-22(4)16-14-18-26(36)42-12-2/h21-24H,11-12,15-16,19-20H2,1-10H3,(H,33,39)(H,34,40)/t21-,22-,23-,24-/m0/s1. The fraction of sp³-hybridized carbons (Fsp3) is 0.688. The van der Waals surface area contributed by atoms with E-state index in [4.69, 9.17) is 28.4 Å². The van der Waals surface area contributed by atoms with Gasteiger partial charge in [0.25, 0.3) is 0 Å². The number of nitrogens with one attached hydrogen (secondary N) is 2. The molecule has 0 saturated heterocycles. The van der Waals surface area contributed by atoms with Crippen LogP contribution >= 0.6 is 21.6 Å². The van der Waals surface area contributed by atoms with Gasteiger partial charge in [0.15, 0.2) is 0 Å². The highest BCUT2D eigenvalue weighted by atomic mass is 33.1. The molecule has 0 rings (SSSR count). The third-order valence-electron chi connectivity index (χ3n) is 4.85. The van der Waals surface area contributed by atoms with Crippen LogP contribution in [0.1, 0.15) is 82.1 Å². The van der Waals surface area contributed by atoms with E-state index in [0.717, 1.165) is 21.6 Å². The van der Waals surface area contributed by atoms with Crippen molar-refractivity contribution in [2.24, 2.45) is 0 Å². The van der Waals surface area contributed by atoms with E-state index in [9.17, 15) is 28.8 Å². The number of esters is 4. The van der Waals surface area contributed by atoms with Gasteiger partial charge in [-0.3, -0.25) is 0 Å². The van der Waals surface area contributed by atoms with Crippen molar-refractivity contribution >= 4 is 57.7 Å². The molecule has 0 radical (unpaired) electrons. The first kappa shape index (κ1) is 44.2. The predicted molar refractivity (Wildman–Crippen MR) is 180 cm³/mol. The van der Waals surface area contributed by atoms with Gasteiger partial charge in [-0.1, -0.05) is 33.4 Å². The van der Waals surface area contributed by atoms with E-state index >= 15 is 0 Å². The molecule has 0 aliphatic rings. The smallest absolute Gasteiger partial charge is 0.408 e. The van der Waals surface area contributed by atoms with Crippen LogP contribution in [0, 0.1) is 23.7 Å². The van der Waals surface area contributed by atoms with E-state index in [2.05, 4.69) is 34.3 Å². The Bertz CT molecular complexity index is 1130. The van der Waals surface area contributed by atoms with Gasteiger partial charge in [-0.15, -0.1) is 0 Å². The number of amides is 2. The summed E-state index contributed by atoms with van der Waals surface area (Å²) in [6, 6.07) is -2.33. The Labute approximate surface area is 290 Å². The van der Waals surface area contributed by atoms with Gasteiger partial charge in [0.05, 0.1) is 13.2 Å². The Hall–Kier alpha value is -3.76. The minimum atomic E-state index is -1.17. The van der Waals surface area contributed by atoms with Crippen molar-refractivity contribution in [3.8, 4) is 23.7 Å². The number of hydrogen-bond acceptors (Lipinski definition) is 14. The highest BCUT2D eigenvalue weighted by Gasteiger charge is 2.29. The lowest BCUT2D eigenvalue weighted by atomic mass is 10.2. The highest BCUT2D eigenvalue weighted by molar-refractivity contribution is 8.76. The number of alkyl carbamates (subject to hydrolysis) is 2. The van der Waals surface area contributed by atoms with E-state index < -0.39 is 71.6 Å². The molecule has 14 nitrogen and oxygen atoms in total. The summed E-state index contributed by atoms with van der Waals surface area (Å²) in [4.78, 5) is 73.9. The van der Waals surface area contributed by atoms with Gasteiger partial charge in [-0.2, -0.15) is 0 Å². The molecule has 0 heterocycles. The molecule has 4 atom stereocenters. The first-order chi connectivity index (χ1) is 22.3. The number of hydrogen-bond donors (Lipinski definition) is 2. The lowest BCUT2D eigenvalue weighted by Gasteiger charge is -2.24. The molecule has 2 N–H and O–H groups in total. The Morgan fingerprint density at radius 2 is 0.958 bits per heavy atom. The van der Waals surface area contributed by atoms with Crippen LogP contribution < -0.4 is 10.6 Å². The zero-order valence-electron chi connectivity index (χ0n) is 29.3. The molecule has 0 aromatic carbocycles. The molecule has 16 heteroatoms. The van der Waals surface area contributed by atoms with Gasteiger partial charge in [-0.05, 0) is 69.2 Å². The fourth-order valence-corrected chi connectivity index (χ4v) is 5.28. The third-order valence-corrected chi connectivity index (χ3v) is 7.27. The van der Waals surface area contributed by atoms with Crippen LogP contribution in [0.5, 0.6) is 0 Å². The van der Waals surface area contributed by atoms with Crippen LogP contribution in [0.15, 0.2) is 0 Å². The molecule has 0 aromatic rings. The third kappa shape index (κ3) is 23.5. The number of carbonyl (C=O) groups is 6. The topological polar surface area (TPSA) is 182 Å². The molecular formula is C32H48N2O12S2. The Morgan fingerprint density at radius 3 is 1.25 bits per heavy atom. The summed E-state index contributed by atoms with van der Waals surface area (Å²) < 4.78 is 30.9. The second-order valence-corrected chi connectivity index (χ2v) is 14.5.